The number of rotatable bonds is 12. The van der Waals surface area contributed by atoms with Crippen molar-refractivity contribution in [1.82, 2.24) is 5.32 Å². The molecule has 5 nitrogen and oxygen atoms in total. The molecule has 0 aromatic heterocycles. The number of methoxy groups -OCH3 is 1. The number of carbonyl (C=O) groups excluding carboxylic acids is 2. The van der Waals surface area contributed by atoms with Crippen molar-refractivity contribution >= 4 is 12.1 Å². The van der Waals surface area contributed by atoms with Crippen LogP contribution in [0.1, 0.15) is 57.9 Å². The molecule has 1 amide bonds. The van der Waals surface area contributed by atoms with E-state index in [4.69, 9.17) is 9.47 Å². The quantitative estimate of drug-likeness (QED) is 0.317. The molecule has 0 heterocycles. The third kappa shape index (κ3) is 9.83. The molecular formula is C22H33NO4. The van der Waals surface area contributed by atoms with Crippen LogP contribution in [0.15, 0.2) is 42.5 Å². The zero-order valence-electron chi connectivity index (χ0n) is 16.8. The molecule has 150 valence electrons. The number of carbonyl (C=O) groups is 2. The van der Waals surface area contributed by atoms with Crippen LogP contribution in [-0.4, -0.2) is 25.2 Å². The summed E-state index contributed by atoms with van der Waals surface area (Å²) in [6.45, 7) is 4.15. The molecule has 1 aromatic carbocycles. The number of benzene rings is 1. The molecule has 0 fully saturated rings. The van der Waals surface area contributed by atoms with Gasteiger partial charge in [-0.25, -0.2) is 4.79 Å². The lowest BCUT2D eigenvalue weighted by Crippen LogP contribution is -2.42. The normalized spacial score (nSPS) is 13.1. The summed E-state index contributed by atoms with van der Waals surface area (Å²) in [5, 5.41) is 2.82. The molecule has 2 atom stereocenters. The van der Waals surface area contributed by atoms with Crippen LogP contribution in [0.3, 0.4) is 0 Å². The Morgan fingerprint density at radius 3 is 2.48 bits per heavy atom. The number of nitrogens with one attached hydrogen (secondary N) is 1. The largest absolute Gasteiger partial charge is 0.469 e. The van der Waals surface area contributed by atoms with E-state index < -0.39 is 12.0 Å². The highest BCUT2D eigenvalue weighted by atomic mass is 16.5. The van der Waals surface area contributed by atoms with Gasteiger partial charge in [0, 0.05) is 6.04 Å². The minimum Gasteiger partial charge on any atom is -0.469 e. The summed E-state index contributed by atoms with van der Waals surface area (Å²) >= 11 is 0. The van der Waals surface area contributed by atoms with Gasteiger partial charge in [-0.05, 0) is 38.2 Å². The number of amides is 1. The first-order valence-corrected chi connectivity index (χ1v) is 9.78. The molecule has 0 radical (unpaired) electrons. The fourth-order valence-corrected chi connectivity index (χ4v) is 2.74. The summed E-state index contributed by atoms with van der Waals surface area (Å²) in [4.78, 5) is 24.0. The van der Waals surface area contributed by atoms with E-state index in [-0.39, 0.29) is 18.6 Å². The van der Waals surface area contributed by atoms with Crippen LogP contribution < -0.4 is 5.32 Å². The van der Waals surface area contributed by atoms with E-state index in [1.807, 2.05) is 30.3 Å². The number of esters is 1. The number of hydrogen-bond donors (Lipinski definition) is 1. The minimum absolute atomic E-state index is 0.198. The van der Waals surface area contributed by atoms with Gasteiger partial charge in [0.25, 0.3) is 0 Å². The molecule has 0 aliphatic heterocycles. The van der Waals surface area contributed by atoms with E-state index in [0.717, 1.165) is 18.4 Å². The first-order chi connectivity index (χ1) is 13.1. The van der Waals surface area contributed by atoms with Gasteiger partial charge in [-0.15, -0.1) is 0 Å². The number of unbranched alkanes of at least 4 members (excludes halogenated alkanes) is 3. The maximum Gasteiger partial charge on any atom is 0.407 e. The molecule has 1 rings (SSSR count). The Balaban J connectivity index is 2.50. The lowest BCUT2D eigenvalue weighted by Gasteiger charge is -2.22. The zero-order chi connectivity index (χ0) is 19.9. The van der Waals surface area contributed by atoms with Crippen LogP contribution in [0.4, 0.5) is 4.79 Å². The van der Waals surface area contributed by atoms with Gasteiger partial charge < -0.3 is 14.8 Å². The summed E-state index contributed by atoms with van der Waals surface area (Å²) in [7, 11) is 1.36. The standard InChI is InChI=1S/C22H33NO4/c1-4-5-6-7-8-9-13-16-20(18(2)21(24)26-3)23-22(25)27-17-19-14-11-10-12-15-19/h8-12,14-15,18,20H,4-7,13,16-17H2,1-3H3,(H,23,25)/b9-8+. The fourth-order valence-electron chi connectivity index (χ4n) is 2.74. The van der Waals surface area contributed by atoms with Gasteiger partial charge in [0.2, 0.25) is 0 Å². The summed E-state index contributed by atoms with van der Waals surface area (Å²) in [6.07, 6.45) is 9.91. The molecule has 1 aromatic rings. The van der Waals surface area contributed by atoms with E-state index in [1.165, 1.54) is 26.4 Å². The second kappa shape index (κ2) is 13.8. The van der Waals surface area contributed by atoms with E-state index in [1.54, 1.807) is 6.92 Å². The second-order valence-electron chi connectivity index (χ2n) is 6.67. The van der Waals surface area contributed by atoms with Crippen molar-refractivity contribution in [3.05, 3.63) is 48.0 Å². The molecule has 1 N–H and O–H groups in total. The predicted octanol–water partition coefficient (Wildman–Crippen LogP) is 5.01. The fraction of sp³-hybridized carbons (Fsp3) is 0.545. The average Bonchev–Trinajstić information content (AvgIpc) is 2.70. The van der Waals surface area contributed by atoms with E-state index in [0.29, 0.717) is 6.42 Å². The Labute approximate surface area is 163 Å². The number of hydrogen-bond acceptors (Lipinski definition) is 4. The Hall–Kier alpha value is -2.30. The van der Waals surface area contributed by atoms with E-state index in [2.05, 4.69) is 24.4 Å². The molecular weight excluding hydrogens is 342 g/mol. The Morgan fingerprint density at radius 1 is 1.11 bits per heavy atom. The Bertz CT molecular complexity index is 571. The molecule has 0 saturated carbocycles. The first kappa shape index (κ1) is 22.7. The van der Waals surface area contributed by atoms with E-state index >= 15 is 0 Å². The summed E-state index contributed by atoms with van der Waals surface area (Å²) in [5.41, 5.74) is 0.917. The maximum absolute atomic E-state index is 12.1. The zero-order valence-corrected chi connectivity index (χ0v) is 16.8. The molecule has 0 bridgehead atoms. The van der Waals surface area contributed by atoms with Crippen LogP contribution in [-0.2, 0) is 20.9 Å². The minimum atomic E-state index is -0.522. The number of alkyl carbamates (subject to hydrolysis) is 1. The van der Waals surface area contributed by atoms with Crippen molar-refractivity contribution in [2.24, 2.45) is 5.92 Å². The molecule has 0 saturated heterocycles. The average molecular weight is 376 g/mol. The summed E-state index contributed by atoms with van der Waals surface area (Å²) in [6, 6.07) is 9.15. The predicted molar refractivity (Wildman–Crippen MR) is 107 cm³/mol. The van der Waals surface area contributed by atoms with Crippen LogP contribution in [0.5, 0.6) is 0 Å². The number of ether oxygens (including phenoxy) is 2. The molecule has 0 spiro atoms. The first-order valence-electron chi connectivity index (χ1n) is 9.78. The van der Waals surface area contributed by atoms with Crippen LogP contribution in [0.2, 0.25) is 0 Å². The molecule has 5 heteroatoms. The van der Waals surface area contributed by atoms with Gasteiger partial charge in [0.05, 0.1) is 13.0 Å². The lowest BCUT2D eigenvalue weighted by molar-refractivity contribution is -0.145. The van der Waals surface area contributed by atoms with Crippen molar-refractivity contribution < 1.29 is 19.1 Å². The topological polar surface area (TPSA) is 64.6 Å². The monoisotopic (exact) mass is 375 g/mol. The smallest absolute Gasteiger partial charge is 0.407 e. The van der Waals surface area contributed by atoms with Crippen molar-refractivity contribution in [3.63, 3.8) is 0 Å². The molecule has 2 unspecified atom stereocenters. The third-order valence-electron chi connectivity index (χ3n) is 4.48. The van der Waals surface area contributed by atoms with Crippen molar-refractivity contribution in [1.29, 1.82) is 0 Å². The SMILES string of the molecule is CCCCC/C=C/CCC(NC(=O)OCc1ccccc1)C(C)C(=O)OC. The van der Waals surface area contributed by atoms with Gasteiger partial charge in [-0.3, -0.25) is 4.79 Å². The van der Waals surface area contributed by atoms with Gasteiger partial charge in [-0.1, -0.05) is 62.2 Å². The lowest BCUT2D eigenvalue weighted by atomic mass is 9.97. The number of allylic oxidation sites excluding steroid dienone is 2. The molecule has 0 aliphatic rings. The summed E-state index contributed by atoms with van der Waals surface area (Å²) in [5.74, 6) is -0.775. The van der Waals surface area contributed by atoms with Crippen LogP contribution >= 0.6 is 0 Å². The van der Waals surface area contributed by atoms with Gasteiger partial charge in [0.15, 0.2) is 0 Å². The van der Waals surface area contributed by atoms with E-state index in [9.17, 15) is 9.59 Å². The van der Waals surface area contributed by atoms with Crippen LogP contribution in [0.25, 0.3) is 0 Å². The van der Waals surface area contributed by atoms with Crippen molar-refractivity contribution in [2.45, 2.75) is 65.0 Å². The Morgan fingerprint density at radius 2 is 1.81 bits per heavy atom. The third-order valence-corrected chi connectivity index (χ3v) is 4.48. The van der Waals surface area contributed by atoms with Gasteiger partial charge in [0.1, 0.15) is 6.61 Å². The summed E-state index contributed by atoms with van der Waals surface area (Å²) < 4.78 is 10.1. The molecule has 27 heavy (non-hydrogen) atoms. The second-order valence-corrected chi connectivity index (χ2v) is 6.67. The highest BCUT2D eigenvalue weighted by molar-refractivity contribution is 5.74. The van der Waals surface area contributed by atoms with Crippen molar-refractivity contribution in [2.75, 3.05) is 7.11 Å². The van der Waals surface area contributed by atoms with Gasteiger partial charge >= 0.3 is 12.1 Å². The van der Waals surface area contributed by atoms with Crippen molar-refractivity contribution in [3.8, 4) is 0 Å². The van der Waals surface area contributed by atoms with Gasteiger partial charge in [-0.2, -0.15) is 0 Å². The molecule has 0 aliphatic carbocycles. The highest BCUT2D eigenvalue weighted by Gasteiger charge is 2.26. The van der Waals surface area contributed by atoms with Crippen LogP contribution in [0, 0.1) is 5.92 Å². The highest BCUT2D eigenvalue weighted by Crippen LogP contribution is 2.13. The Kier molecular flexibility index (Phi) is 11.7. The maximum atomic E-state index is 12.1.